The van der Waals surface area contributed by atoms with E-state index in [-0.39, 0.29) is 17.7 Å². The van der Waals surface area contributed by atoms with Crippen molar-refractivity contribution in [3.8, 4) is 0 Å². The summed E-state index contributed by atoms with van der Waals surface area (Å²) in [6.45, 7) is 2.28. The van der Waals surface area contributed by atoms with Crippen molar-refractivity contribution in [2.75, 3.05) is 19.7 Å². The predicted octanol–water partition coefficient (Wildman–Crippen LogP) is -0.662. The first-order valence-electron chi connectivity index (χ1n) is 5.60. The van der Waals surface area contributed by atoms with Crippen LogP contribution in [-0.2, 0) is 6.54 Å². The second kappa shape index (κ2) is 4.80. The summed E-state index contributed by atoms with van der Waals surface area (Å²) in [6.07, 6.45) is 3.55. The van der Waals surface area contributed by atoms with Gasteiger partial charge in [0.15, 0.2) is 5.69 Å². The zero-order chi connectivity index (χ0) is 12.3. The molecule has 17 heavy (non-hydrogen) atoms. The van der Waals surface area contributed by atoms with E-state index in [1.807, 2.05) is 0 Å². The number of aliphatic hydroxyl groups excluding tert-OH is 1. The van der Waals surface area contributed by atoms with Gasteiger partial charge in [0.1, 0.15) is 0 Å². The molecule has 0 aromatic carbocycles. The lowest BCUT2D eigenvalue weighted by Crippen LogP contribution is -2.29. The van der Waals surface area contributed by atoms with Crippen molar-refractivity contribution in [3.05, 3.63) is 11.9 Å². The van der Waals surface area contributed by atoms with Crippen molar-refractivity contribution in [1.29, 1.82) is 0 Å². The number of rotatable bonds is 7. The molecule has 1 aliphatic rings. The average molecular weight is 240 g/mol. The molecule has 1 aromatic heterocycles. The third-order valence-electron chi connectivity index (χ3n) is 3.07. The van der Waals surface area contributed by atoms with Gasteiger partial charge in [-0.05, 0) is 12.8 Å². The maximum absolute atomic E-state index is 10.6. The molecule has 1 aliphatic carbocycles. The van der Waals surface area contributed by atoms with Crippen LogP contribution >= 0.6 is 0 Å². The predicted molar refractivity (Wildman–Crippen MR) is 58.6 cm³/mol. The van der Waals surface area contributed by atoms with E-state index in [9.17, 15) is 4.79 Å². The van der Waals surface area contributed by atoms with E-state index in [0.717, 1.165) is 19.4 Å². The van der Waals surface area contributed by atoms with Gasteiger partial charge in [-0.1, -0.05) is 5.21 Å². The molecule has 0 spiro atoms. The standard InChI is InChI=1S/C10H16N4O3/c15-7-10(1-2-10)6-11-3-4-14-5-8(9(16)17)12-13-14/h5,11,15H,1-4,6-7H2,(H,16,17). The fourth-order valence-electron chi connectivity index (χ4n) is 1.62. The number of hydrogen-bond donors (Lipinski definition) is 3. The highest BCUT2D eigenvalue weighted by molar-refractivity contribution is 5.84. The maximum Gasteiger partial charge on any atom is 0.358 e. The lowest BCUT2D eigenvalue weighted by Gasteiger charge is -2.12. The molecule has 1 fully saturated rings. The Morgan fingerprint density at radius 1 is 1.59 bits per heavy atom. The van der Waals surface area contributed by atoms with Gasteiger partial charge in [-0.2, -0.15) is 0 Å². The zero-order valence-electron chi connectivity index (χ0n) is 9.46. The summed E-state index contributed by atoms with van der Waals surface area (Å²) in [5.41, 5.74) is 0.0493. The molecule has 0 amide bonds. The van der Waals surface area contributed by atoms with E-state index in [4.69, 9.17) is 10.2 Å². The number of nitrogens with zero attached hydrogens (tertiary/aromatic N) is 3. The monoisotopic (exact) mass is 240 g/mol. The second-order valence-electron chi connectivity index (χ2n) is 4.51. The fraction of sp³-hybridized carbons (Fsp3) is 0.700. The molecule has 0 saturated heterocycles. The van der Waals surface area contributed by atoms with Gasteiger partial charge >= 0.3 is 5.97 Å². The molecule has 1 heterocycles. The fourth-order valence-corrected chi connectivity index (χ4v) is 1.62. The first kappa shape index (κ1) is 12.0. The molecule has 2 rings (SSSR count). The minimum absolute atomic E-state index is 0.0426. The summed E-state index contributed by atoms with van der Waals surface area (Å²) < 4.78 is 1.50. The number of hydrogen-bond acceptors (Lipinski definition) is 5. The van der Waals surface area contributed by atoms with E-state index in [1.54, 1.807) is 0 Å². The third kappa shape index (κ3) is 3.01. The van der Waals surface area contributed by atoms with Crippen LogP contribution in [0.3, 0.4) is 0 Å². The van der Waals surface area contributed by atoms with Crippen LogP contribution in [0.5, 0.6) is 0 Å². The van der Waals surface area contributed by atoms with E-state index < -0.39 is 5.97 Å². The molecule has 94 valence electrons. The van der Waals surface area contributed by atoms with Crippen LogP contribution in [0.1, 0.15) is 23.3 Å². The SMILES string of the molecule is O=C(O)c1cn(CCNCC2(CO)CC2)nn1. The number of aliphatic hydroxyl groups is 1. The smallest absolute Gasteiger partial charge is 0.358 e. The quantitative estimate of drug-likeness (QED) is 0.547. The van der Waals surface area contributed by atoms with Crippen LogP contribution in [0.25, 0.3) is 0 Å². The van der Waals surface area contributed by atoms with Gasteiger partial charge in [0, 0.05) is 25.1 Å². The Kier molecular flexibility index (Phi) is 3.39. The van der Waals surface area contributed by atoms with Crippen LogP contribution in [-0.4, -0.2) is 50.9 Å². The van der Waals surface area contributed by atoms with Crippen molar-refractivity contribution < 1.29 is 15.0 Å². The van der Waals surface area contributed by atoms with E-state index in [2.05, 4.69) is 15.6 Å². The largest absolute Gasteiger partial charge is 0.476 e. The Morgan fingerprint density at radius 3 is 2.88 bits per heavy atom. The van der Waals surface area contributed by atoms with Gasteiger partial charge in [0.25, 0.3) is 0 Å². The summed E-state index contributed by atoms with van der Waals surface area (Å²) in [6, 6.07) is 0. The van der Waals surface area contributed by atoms with Gasteiger partial charge in [-0.25, -0.2) is 4.79 Å². The number of carboxylic acid groups (broad SMARTS) is 1. The number of aromatic nitrogens is 3. The van der Waals surface area contributed by atoms with Gasteiger partial charge in [-0.15, -0.1) is 5.10 Å². The summed E-state index contributed by atoms with van der Waals surface area (Å²) in [5, 5.41) is 28.2. The highest BCUT2D eigenvalue weighted by Gasteiger charge is 2.41. The van der Waals surface area contributed by atoms with E-state index in [1.165, 1.54) is 10.9 Å². The molecular formula is C10H16N4O3. The third-order valence-corrected chi connectivity index (χ3v) is 3.07. The van der Waals surface area contributed by atoms with Gasteiger partial charge < -0.3 is 15.5 Å². The molecule has 0 radical (unpaired) electrons. The first-order chi connectivity index (χ1) is 8.15. The van der Waals surface area contributed by atoms with Crippen molar-refractivity contribution in [2.45, 2.75) is 19.4 Å². The Bertz CT molecular complexity index is 400. The van der Waals surface area contributed by atoms with Crippen LogP contribution in [0, 0.1) is 5.41 Å². The zero-order valence-corrected chi connectivity index (χ0v) is 9.46. The maximum atomic E-state index is 10.6. The molecule has 7 nitrogen and oxygen atoms in total. The Hall–Kier alpha value is -1.47. The van der Waals surface area contributed by atoms with E-state index >= 15 is 0 Å². The van der Waals surface area contributed by atoms with Crippen LogP contribution in [0.2, 0.25) is 0 Å². The van der Waals surface area contributed by atoms with Crippen molar-refractivity contribution in [3.63, 3.8) is 0 Å². The van der Waals surface area contributed by atoms with Crippen molar-refractivity contribution in [1.82, 2.24) is 20.3 Å². The second-order valence-corrected chi connectivity index (χ2v) is 4.51. The number of aromatic carboxylic acids is 1. The van der Waals surface area contributed by atoms with E-state index in [0.29, 0.717) is 13.1 Å². The van der Waals surface area contributed by atoms with Crippen molar-refractivity contribution in [2.24, 2.45) is 5.41 Å². The Balaban J connectivity index is 1.69. The lowest BCUT2D eigenvalue weighted by atomic mass is 10.1. The summed E-state index contributed by atoms with van der Waals surface area (Å²) >= 11 is 0. The van der Waals surface area contributed by atoms with Gasteiger partial charge in [-0.3, -0.25) is 4.68 Å². The molecule has 0 aliphatic heterocycles. The average Bonchev–Trinajstić information content (AvgIpc) is 2.94. The molecular weight excluding hydrogens is 224 g/mol. The molecule has 7 heteroatoms. The van der Waals surface area contributed by atoms with Crippen LogP contribution in [0.4, 0.5) is 0 Å². The summed E-state index contributed by atoms with van der Waals surface area (Å²) in [4.78, 5) is 10.6. The normalized spacial score (nSPS) is 17.0. The van der Waals surface area contributed by atoms with Gasteiger partial charge in [0.05, 0.1) is 12.7 Å². The minimum atomic E-state index is -1.07. The number of carbonyl (C=O) groups is 1. The molecule has 0 atom stereocenters. The van der Waals surface area contributed by atoms with Crippen molar-refractivity contribution >= 4 is 5.97 Å². The Labute approximate surface area is 98.4 Å². The topological polar surface area (TPSA) is 100 Å². The number of nitrogens with one attached hydrogen (secondary N) is 1. The molecule has 3 N–H and O–H groups in total. The van der Waals surface area contributed by atoms with Gasteiger partial charge in [0.2, 0.25) is 0 Å². The highest BCUT2D eigenvalue weighted by atomic mass is 16.4. The Morgan fingerprint density at radius 2 is 2.35 bits per heavy atom. The molecule has 0 bridgehead atoms. The summed E-state index contributed by atoms with van der Waals surface area (Å²) in [7, 11) is 0. The minimum Gasteiger partial charge on any atom is -0.476 e. The molecule has 1 saturated carbocycles. The molecule has 1 aromatic rings. The number of carboxylic acids is 1. The highest BCUT2D eigenvalue weighted by Crippen LogP contribution is 2.44. The molecule has 0 unspecified atom stereocenters. The van der Waals surface area contributed by atoms with Crippen LogP contribution < -0.4 is 5.32 Å². The summed E-state index contributed by atoms with van der Waals surface area (Å²) in [5.74, 6) is -1.07. The van der Waals surface area contributed by atoms with Crippen LogP contribution in [0.15, 0.2) is 6.20 Å². The first-order valence-corrected chi connectivity index (χ1v) is 5.60. The lowest BCUT2D eigenvalue weighted by molar-refractivity contribution is 0.0690.